The molecule has 0 aliphatic carbocycles. The quantitative estimate of drug-likeness (QED) is 0.561. The molecule has 0 aliphatic heterocycles. The van der Waals surface area contributed by atoms with Crippen LogP contribution >= 0.6 is 0 Å². The zero-order chi connectivity index (χ0) is 23.0. The average Bonchev–Trinajstić information content (AvgIpc) is 2.77. The zero-order valence-corrected chi connectivity index (χ0v) is 19.1. The molecular weight excluding hydrogens is 396 g/mol. The van der Waals surface area contributed by atoms with Gasteiger partial charge in [0.15, 0.2) is 0 Å². The first-order valence-corrected chi connectivity index (χ1v) is 11.0. The van der Waals surface area contributed by atoms with Crippen molar-refractivity contribution in [2.24, 2.45) is 0 Å². The van der Waals surface area contributed by atoms with Crippen LogP contribution in [0.1, 0.15) is 37.5 Å². The van der Waals surface area contributed by atoms with Gasteiger partial charge in [-0.25, -0.2) is 0 Å². The Labute approximate surface area is 191 Å². The van der Waals surface area contributed by atoms with Gasteiger partial charge in [-0.15, -0.1) is 0 Å². The lowest BCUT2D eigenvalue weighted by Crippen LogP contribution is -2.54. The maximum atomic E-state index is 13.6. The summed E-state index contributed by atoms with van der Waals surface area (Å²) >= 11 is 0. The van der Waals surface area contributed by atoms with Crippen LogP contribution < -0.4 is 5.32 Å². The zero-order valence-electron chi connectivity index (χ0n) is 19.1. The Kier molecular flexibility index (Phi) is 7.82. The van der Waals surface area contributed by atoms with Gasteiger partial charge in [-0.3, -0.25) is 9.59 Å². The second-order valence-corrected chi connectivity index (χ2v) is 9.11. The van der Waals surface area contributed by atoms with E-state index in [0.29, 0.717) is 13.0 Å². The normalized spacial score (nSPS) is 12.1. The molecule has 1 atom stereocenters. The van der Waals surface area contributed by atoms with Crippen molar-refractivity contribution in [1.82, 2.24) is 10.2 Å². The van der Waals surface area contributed by atoms with Crippen LogP contribution in [0.4, 0.5) is 0 Å². The van der Waals surface area contributed by atoms with Crippen LogP contribution in [0.25, 0.3) is 0 Å². The summed E-state index contributed by atoms with van der Waals surface area (Å²) in [6.07, 6.45) is 0.706. The molecule has 3 rings (SSSR count). The molecule has 0 spiro atoms. The summed E-state index contributed by atoms with van der Waals surface area (Å²) in [7, 11) is 0. The van der Waals surface area contributed by atoms with E-state index < -0.39 is 11.6 Å². The summed E-state index contributed by atoms with van der Waals surface area (Å²) in [5.41, 5.74) is 2.56. The SMILES string of the molecule is CC(C)(C)NC(=O)C(Cc1ccccc1)N(Cc1ccccc1)C(=O)Cc1ccccc1. The highest BCUT2D eigenvalue weighted by atomic mass is 16.2. The summed E-state index contributed by atoms with van der Waals surface area (Å²) in [5, 5.41) is 3.09. The van der Waals surface area contributed by atoms with E-state index in [2.05, 4.69) is 5.32 Å². The minimum absolute atomic E-state index is 0.0648. The molecule has 32 heavy (non-hydrogen) atoms. The number of carbonyl (C=O) groups is 2. The van der Waals surface area contributed by atoms with Gasteiger partial charge in [0.2, 0.25) is 11.8 Å². The van der Waals surface area contributed by atoms with Crippen molar-refractivity contribution in [3.8, 4) is 0 Å². The average molecular weight is 429 g/mol. The van der Waals surface area contributed by atoms with E-state index in [1.54, 1.807) is 4.90 Å². The van der Waals surface area contributed by atoms with E-state index in [9.17, 15) is 9.59 Å². The Bertz CT molecular complexity index is 996. The third-order valence-electron chi connectivity index (χ3n) is 5.16. The molecule has 3 aromatic rings. The first-order chi connectivity index (χ1) is 15.3. The second kappa shape index (κ2) is 10.8. The van der Waals surface area contributed by atoms with Crippen LogP contribution in [0.2, 0.25) is 0 Å². The molecule has 4 nitrogen and oxygen atoms in total. The maximum Gasteiger partial charge on any atom is 0.243 e. The van der Waals surface area contributed by atoms with Crippen molar-refractivity contribution >= 4 is 11.8 Å². The summed E-state index contributed by atoms with van der Waals surface area (Å²) in [4.78, 5) is 28.7. The van der Waals surface area contributed by atoms with Gasteiger partial charge in [-0.2, -0.15) is 0 Å². The number of nitrogens with zero attached hydrogens (tertiary/aromatic N) is 1. The largest absolute Gasteiger partial charge is 0.350 e. The topological polar surface area (TPSA) is 49.4 Å². The molecule has 0 aliphatic rings. The molecule has 0 aromatic heterocycles. The minimum Gasteiger partial charge on any atom is -0.350 e. The van der Waals surface area contributed by atoms with Crippen molar-refractivity contribution < 1.29 is 9.59 Å². The molecule has 3 aromatic carbocycles. The number of amides is 2. The van der Waals surface area contributed by atoms with Gasteiger partial charge in [0, 0.05) is 18.5 Å². The first-order valence-electron chi connectivity index (χ1n) is 11.0. The van der Waals surface area contributed by atoms with Gasteiger partial charge in [-0.1, -0.05) is 91.0 Å². The highest BCUT2D eigenvalue weighted by Crippen LogP contribution is 2.17. The van der Waals surface area contributed by atoms with E-state index in [0.717, 1.165) is 16.7 Å². The minimum atomic E-state index is -0.618. The Morgan fingerprint density at radius 3 is 1.72 bits per heavy atom. The van der Waals surface area contributed by atoms with Gasteiger partial charge in [0.1, 0.15) is 6.04 Å². The number of hydrogen-bond donors (Lipinski definition) is 1. The van der Waals surface area contributed by atoms with Crippen molar-refractivity contribution in [3.05, 3.63) is 108 Å². The Morgan fingerprint density at radius 2 is 1.22 bits per heavy atom. The fraction of sp³-hybridized carbons (Fsp3) is 0.286. The van der Waals surface area contributed by atoms with Crippen molar-refractivity contribution in [3.63, 3.8) is 0 Å². The first kappa shape index (κ1) is 23.3. The van der Waals surface area contributed by atoms with Gasteiger partial charge in [0.05, 0.1) is 6.42 Å². The van der Waals surface area contributed by atoms with E-state index >= 15 is 0 Å². The molecule has 0 radical (unpaired) electrons. The molecular formula is C28H32N2O2. The summed E-state index contributed by atoms with van der Waals surface area (Å²) in [6.45, 7) is 6.25. The molecule has 0 bridgehead atoms. The Balaban J connectivity index is 1.95. The highest BCUT2D eigenvalue weighted by Gasteiger charge is 2.32. The molecule has 0 fully saturated rings. The molecule has 0 saturated heterocycles. The van der Waals surface area contributed by atoms with Crippen molar-refractivity contribution in [1.29, 1.82) is 0 Å². The summed E-state index contributed by atoms with van der Waals surface area (Å²) < 4.78 is 0. The van der Waals surface area contributed by atoms with Gasteiger partial charge in [-0.05, 0) is 37.5 Å². The standard InChI is InChI=1S/C28H32N2O2/c1-28(2,3)29-27(32)25(19-22-13-7-4-8-14-22)30(21-24-17-11-6-12-18-24)26(31)20-23-15-9-5-10-16-23/h4-18,25H,19-21H2,1-3H3,(H,29,32). The van der Waals surface area contributed by atoms with Crippen LogP contribution in [0.15, 0.2) is 91.0 Å². The summed E-state index contributed by atoms with van der Waals surface area (Å²) in [5.74, 6) is -0.205. The Hall–Kier alpha value is -3.40. The molecule has 166 valence electrons. The van der Waals surface area contributed by atoms with Gasteiger partial charge < -0.3 is 10.2 Å². The molecule has 4 heteroatoms. The number of rotatable bonds is 8. The van der Waals surface area contributed by atoms with E-state index in [4.69, 9.17) is 0 Å². The number of benzene rings is 3. The lowest BCUT2D eigenvalue weighted by molar-refractivity contribution is -0.141. The highest BCUT2D eigenvalue weighted by molar-refractivity contribution is 5.89. The number of nitrogens with one attached hydrogen (secondary N) is 1. The van der Waals surface area contributed by atoms with Crippen LogP contribution in [0.5, 0.6) is 0 Å². The molecule has 0 heterocycles. The maximum absolute atomic E-state index is 13.6. The van der Waals surface area contributed by atoms with Crippen LogP contribution in [0.3, 0.4) is 0 Å². The van der Waals surface area contributed by atoms with Gasteiger partial charge in [0.25, 0.3) is 0 Å². The lowest BCUT2D eigenvalue weighted by atomic mass is 10.00. The smallest absolute Gasteiger partial charge is 0.243 e. The monoisotopic (exact) mass is 428 g/mol. The summed E-state index contributed by atoms with van der Waals surface area (Å²) in [6, 6.07) is 28.8. The number of carbonyl (C=O) groups excluding carboxylic acids is 2. The Morgan fingerprint density at radius 1 is 0.750 bits per heavy atom. The lowest BCUT2D eigenvalue weighted by Gasteiger charge is -2.34. The van der Waals surface area contributed by atoms with Crippen molar-refractivity contribution in [2.45, 2.75) is 51.7 Å². The number of hydrogen-bond acceptors (Lipinski definition) is 2. The van der Waals surface area contributed by atoms with Crippen molar-refractivity contribution in [2.75, 3.05) is 0 Å². The van der Waals surface area contributed by atoms with E-state index in [1.807, 2.05) is 112 Å². The molecule has 0 saturated carbocycles. The predicted octanol–water partition coefficient (Wildman–Crippen LogP) is 4.78. The fourth-order valence-electron chi connectivity index (χ4n) is 3.66. The van der Waals surface area contributed by atoms with Gasteiger partial charge >= 0.3 is 0 Å². The third kappa shape index (κ3) is 7.09. The van der Waals surface area contributed by atoms with Crippen LogP contribution in [-0.2, 0) is 29.0 Å². The molecule has 1 unspecified atom stereocenters. The van der Waals surface area contributed by atoms with E-state index in [-0.39, 0.29) is 18.2 Å². The molecule has 2 amide bonds. The predicted molar refractivity (Wildman–Crippen MR) is 129 cm³/mol. The van der Waals surface area contributed by atoms with Crippen LogP contribution in [-0.4, -0.2) is 28.3 Å². The second-order valence-electron chi connectivity index (χ2n) is 9.11. The fourth-order valence-corrected chi connectivity index (χ4v) is 3.66. The van der Waals surface area contributed by atoms with Crippen LogP contribution in [0, 0.1) is 0 Å². The molecule has 1 N–H and O–H groups in total. The third-order valence-corrected chi connectivity index (χ3v) is 5.16. The van der Waals surface area contributed by atoms with E-state index in [1.165, 1.54) is 0 Å².